The number of benzene rings is 1. The van der Waals surface area contributed by atoms with Crippen LogP contribution in [0.2, 0.25) is 0 Å². The second-order valence-corrected chi connectivity index (χ2v) is 4.86. The predicted octanol–water partition coefficient (Wildman–Crippen LogP) is 2.72. The Balaban J connectivity index is 1.90. The van der Waals surface area contributed by atoms with Gasteiger partial charge in [-0.3, -0.25) is 10.1 Å². The van der Waals surface area contributed by atoms with Gasteiger partial charge in [0.2, 0.25) is 12.8 Å². The summed E-state index contributed by atoms with van der Waals surface area (Å²) in [6, 6.07) is 5.22. The van der Waals surface area contributed by atoms with E-state index in [9.17, 15) is 10.1 Å². The molecule has 3 rings (SSSR count). The Morgan fingerprint density at radius 1 is 1.17 bits per heavy atom. The summed E-state index contributed by atoms with van der Waals surface area (Å²) in [7, 11) is 0. The summed E-state index contributed by atoms with van der Waals surface area (Å²) in [6.07, 6.45) is 3.56. The average molecular weight is 249 g/mol. The lowest BCUT2D eigenvalue weighted by Crippen LogP contribution is -2.30. The molecule has 0 unspecified atom stereocenters. The molecule has 1 fully saturated rings. The molecule has 0 bridgehead atoms. The number of fused-ring (bicyclic) bond motifs is 1. The quantitative estimate of drug-likeness (QED) is 0.597. The van der Waals surface area contributed by atoms with E-state index in [4.69, 9.17) is 9.47 Å². The molecule has 96 valence electrons. The van der Waals surface area contributed by atoms with E-state index in [2.05, 4.69) is 0 Å². The van der Waals surface area contributed by atoms with Crippen molar-refractivity contribution < 1.29 is 14.4 Å². The molecule has 5 heteroatoms. The molecule has 1 aromatic rings. The molecule has 2 atom stereocenters. The van der Waals surface area contributed by atoms with E-state index in [0.717, 1.165) is 30.6 Å². The minimum absolute atomic E-state index is 0.00301. The van der Waals surface area contributed by atoms with Crippen molar-refractivity contribution in [1.29, 1.82) is 0 Å². The van der Waals surface area contributed by atoms with Crippen LogP contribution < -0.4 is 9.47 Å². The van der Waals surface area contributed by atoms with Crippen LogP contribution in [0.15, 0.2) is 18.2 Å². The topological polar surface area (TPSA) is 61.6 Å². The van der Waals surface area contributed by atoms with Crippen LogP contribution in [0.5, 0.6) is 11.5 Å². The predicted molar refractivity (Wildman–Crippen MR) is 64.6 cm³/mol. The van der Waals surface area contributed by atoms with E-state index in [0.29, 0.717) is 12.2 Å². The van der Waals surface area contributed by atoms with Crippen molar-refractivity contribution in [2.24, 2.45) is 0 Å². The third-order valence-electron chi connectivity index (χ3n) is 3.83. The molecular weight excluding hydrogens is 234 g/mol. The largest absolute Gasteiger partial charge is 0.454 e. The van der Waals surface area contributed by atoms with Gasteiger partial charge in [0.25, 0.3) is 0 Å². The number of hydrogen-bond acceptors (Lipinski definition) is 4. The van der Waals surface area contributed by atoms with Crippen molar-refractivity contribution in [3.05, 3.63) is 33.9 Å². The molecule has 1 heterocycles. The van der Waals surface area contributed by atoms with Gasteiger partial charge in [-0.25, -0.2) is 0 Å². The number of nitro groups is 1. The molecule has 0 amide bonds. The molecule has 0 spiro atoms. The van der Waals surface area contributed by atoms with E-state index in [-0.39, 0.29) is 17.6 Å². The summed E-state index contributed by atoms with van der Waals surface area (Å²) in [5.41, 5.74) is 1.00. The Hall–Kier alpha value is -1.78. The van der Waals surface area contributed by atoms with Crippen LogP contribution in [0, 0.1) is 10.1 Å². The lowest BCUT2D eigenvalue weighted by molar-refractivity contribution is -0.530. The molecule has 1 aliphatic heterocycles. The zero-order valence-corrected chi connectivity index (χ0v) is 10.0. The van der Waals surface area contributed by atoms with Gasteiger partial charge in [-0.15, -0.1) is 0 Å². The highest BCUT2D eigenvalue weighted by molar-refractivity contribution is 5.45. The van der Waals surface area contributed by atoms with Gasteiger partial charge in [0.1, 0.15) is 0 Å². The molecule has 0 saturated heterocycles. The van der Waals surface area contributed by atoms with Gasteiger partial charge in [-0.1, -0.05) is 12.5 Å². The first-order valence-electron chi connectivity index (χ1n) is 6.29. The zero-order valence-electron chi connectivity index (χ0n) is 10.0. The van der Waals surface area contributed by atoms with Crippen LogP contribution in [-0.4, -0.2) is 17.8 Å². The highest BCUT2D eigenvalue weighted by atomic mass is 16.7. The monoisotopic (exact) mass is 249 g/mol. The molecule has 5 nitrogen and oxygen atoms in total. The minimum atomic E-state index is -0.459. The van der Waals surface area contributed by atoms with Crippen molar-refractivity contribution in [3.8, 4) is 11.5 Å². The Morgan fingerprint density at radius 3 is 2.78 bits per heavy atom. The highest BCUT2D eigenvalue weighted by Gasteiger charge is 2.35. The molecule has 0 radical (unpaired) electrons. The van der Waals surface area contributed by atoms with Crippen molar-refractivity contribution in [3.63, 3.8) is 0 Å². The van der Waals surface area contributed by atoms with Crippen LogP contribution >= 0.6 is 0 Å². The van der Waals surface area contributed by atoms with E-state index in [1.807, 2.05) is 18.2 Å². The van der Waals surface area contributed by atoms with Crippen LogP contribution in [0.4, 0.5) is 0 Å². The first-order valence-corrected chi connectivity index (χ1v) is 6.29. The number of ether oxygens (including phenoxy) is 2. The summed E-state index contributed by atoms with van der Waals surface area (Å²) in [4.78, 5) is 11.0. The van der Waals surface area contributed by atoms with Crippen LogP contribution in [0.25, 0.3) is 0 Å². The molecule has 2 aliphatic rings. The van der Waals surface area contributed by atoms with E-state index >= 15 is 0 Å². The maximum Gasteiger partial charge on any atom is 0.231 e. The molecular formula is C13H15NO4. The van der Waals surface area contributed by atoms with E-state index < -0.39 is 6.04 Å². The zero-order chi connectivity index (χ0) is 12.5. The fourth-order valence-corrected chi connectivity index (χ4v) is 2.90. The molecule has 1 saturated carbocycles. The highest BCUT2D eigenvalue weighted by Crippen LogP contribution is 2.39. The molecule has 18 heavy (non-hydrogen) atoms. The minimum Gasteiger partial charge on any atom is -0.454 e. The van der Waals surface area contributed by atoms with Gasteiger partial charge in [-0.05, 0) is 30.5 Å². The summed E-state index contributed by atoms with van der Waals surface area (Å²) in [6.45, 7) is 0.238. The van der Waals surface area contributed by atoms with E-state index in [1.54, 1.807) is 0 Å². The lowest BCUT2D eigenvalue weighted by Gasteiger charge is -2.25. The fraction of sp³-hybridized carbons (Fsp3) is 0.538. The molecule has 1 aliphatic carbocycles. The van der Waals surface area contributed by atoms with Gasteiger partial charge < -0.3 is 9.47 Å². The Morgan fingerprint density at radius 2 is 1.94 bits per heavy atom. The normalized spacial score (nSPS) is 26.0. The van der Waals surface area contributed by atoms with Gasteiger partial charge in [-0.2, -0.15) is 0 Å². The van der Waals surface area contributed by atoms with Gasteiger partial charge in [0.15, 0.2) is 11.5 Å². The molecule has 0 N–H and O–H groups in total. The Kier molecular flexibility index (Phi) is 2.81. The Labute approximate surface area is 105 Å². The number of rotatable bonds is 2. The SMILES string of the molecule is O=[N+]([O-])[C@@H]1CCCC[C@@H]1c1ccc2c(c1)OCO2. The first-order chi connectivity index (χ1) is 8.75. The van der Waals surface area contributed by atoms with Gasteiger partial charge >= 0.3 is 0 Å². The van der Waals surface area contributed by atoms with E-state index in [1.165, 1.54) is 0 Å². The fourth-order valence-electron chi connectivity index (χ4n) is 2.90. The third kappa shape index (κ3) is 1.89. The first kappa shape index (κ1) is 11.3. The van der Waals surface area contributed by atoms with Crippen LogP contribution in [0.1, 0.15) is 37.2 Å². The van der Waals surface area contributed by atoms with Crippen LogP contribution in [-0.2, 0) is 0 Å². The van der Waals surface area contributed by atoms with Crippen molar-refractivity contribution in [2.75, 3.05) is 6.79 Å². The standard InChI is InChI=1S/C13H15NO4/c15-14(16)11-4-2-1-3-10(11)9-5-6-12-13(7-9)18-8-17-12/h5-7,10-11H,1-4,8H2/t10-,11-/m1/s1. The average Bonchev–Trinajstić information content (AvgIpc) is 2.85. The summed E-state index contributed by atoms with van der Waals surface area (Å²) in [5, 5.41) is 11.1. The van der Waals surface area contributed by atoms with Gasteiger partial charge in [0.05, 0.1) is 5.92 Å². The third-order valence-corrected chi connectivity index (χ3v) is 3.83. The van der Waals surface area contributed by atoms with Gasteiger partial charge in [0, 0.05) is 11.3 Å². The molecule has 1 aromatic carbocycles. The van der Waals surface area contributed by atoms with Crippen molar-refractivity contribution >= 4 is 0 Å². The summed E-state index contributed by atoms with van der Waals surface area (Å²) >= 11 is 0. The van der Waals surface area contributed by atoms with Crippen molar-refractivity contribution in [2.45, 2.75) is 37.6 Å². The second kappa shape index (κ2) is 4.48. The maximum atomic E-state index is 11.1. The number of nitrogens with zero attached hydrogens (tertiary/aromatic N) is 1. The van der Waals surface area contributed by atoms with Crippen LogP contribution in [0.3, 0.4) is 0 Å². The smallest absolute Gasteiger partial charge is 0.231 e. The maximum absolute atomic E-state index is 11.1. The summed E-state index contributed by atoms with van der Waals surface area (Å²) in [5.74, 6) is 1.44. The molecule has 0 aromatic heterocycles. The lowest BCUT2D eigenvalue weighted by atomic mass is 9.80. The van der Waals surface area contributed by atoms with Crippen molar-refractivity contribution in [1.82, 2.24) is 0 Å². The summed E-state index contributed by atoms with van der Waals surface area (Å²) < 4.78 is 10.6. The Bertz CT molecular complexity index is 474. The number of hydrogen-bond donors (Lipinski definition) is 0. The second-order valence-electron chi connectivity index (χ2n) is 4.86.